The first-order valence-electron chi connectivity index (χ1n) is 12.9. The highest BCUT2D eigenvalue weighted by Gasteiger charge is 2.45. The van der Waals surface area contributed by atoms with Crippen LogP contribution in [0.2, 0.25) is 0 Å². The van der Waals surface area contributed by atoms with Gasteiger partial charge in [0.1, 0.15) is 0 Å². The first kappa shape index (κ1) is 28.6. The molecule has 1 aliphatic carbocycles. The molecule has 5 N–H and O–H groups in total. The summed E-state index contributed by atoms with van der Waals surface area (Å²) in [5.41, 5.74) is 6.16. The second-order valence-corrected chi connectivity index (χ2v) is 11.0. The van der Waals surface area contributed by atoms with Crippen molar-refractivity contribution in [2.24, 2.45) is 11.1 Å². The van der Waals surface area contributed by atoms with Crippen LogP contribution in [0.15, 0.2) is 18.2 Å². The lowest BCUT2D eigenvalue weighted by Crippen LogP contribution is -2.40. The Kier molecular flexibility index (Phi) is 8.03. The number of carbonyl (C=O) groups is 3. The maximum absolute atomic E-state index is 13.9. The Bertz CT molecular complexity index is 1270. The lowest BCUT2D eigenvalue weighted by molar-refractivity contribution is -0.141. The third kappa shape index (κ3) is 6.41. The molecule has 1 aliphatic heterocycles. The fourth-order valence-electron chi connectivity index (χ4n) is 5.40. The zero-order valence-electron chi connectivity index (χ0n) is 21.9. The molecule has 2 aromatic rings. The first-order valence-corrected chi connectivity index (χ1v) is 12.9. The molecular weight excluding hydrogens is 517 g/mol. The Labute approximate surface area is 223 Å². The van der Waals surface area contributed by atoms with Crippen molar-refractivity contribution >= 4 is 23.3 Å². The maximum atomic E-state index is 13.9. The Morgan fingerprint density at radius 2 is 1.90 bits per heavy atom. The first-order chi connectivity index (χ1) is 18.3. The van der Waals surface area contributed by atoms with Crippen LogP contribution in [0.3, 0.4) is 0 Å². The quantitative estimate of drug-likeness (QED) is 0.292. The van der Waals surface area contributed by atoms with Gasteiger partial charge in [0, 0.05) is 37.7 Å². The molecule has 0 bridgehead atoms. The van der Waals surface area contributed by atoms with E-state index in [9.17, 15) is 27.6 Å². The second kappa shape index (κ2) is 11.0. The molecule has 1 saturated heterocycles. The van der Waals surface area contributed by atoms with E-state index < -0.39 is 34.9 Å². The summed E-state index contributed by atoms with van der Waals surface area (Å²) in [6.07, 6.45) is -2.29. The minimum absolute atomic E-state index is 0.00444. The lowest BCUT2D eigenvalue weighted by Gasteiger charge is -2.33. The number of halogens is 3. The van der Waals surface area contributed by atoms with Crippen molar-refractivity contribution in [2.45, 2.75) is 64.6 Å². The summed E-state index contributed by atoms with van der Waals surface area (Å²) in [6, 6.07) is 4.47. The number of rotatable bonds is 8. The number of alkyl halides is 3. The number of aromatic nitrogens is 2. The van der Waals surface area contributed by atoms with Crippen molar-refractivity contribution in [1.29, 1.82) is 0 Å². The number of nitrogens with two attached hydrogens (primary N) is 1. The number of anilines is 1. The van der Waals surface area contributed by atoms with Gasteiger partial charge in [0.25, 0.3) is 5.91 Å². The number of nitrogens with one attached hydrogen (secondary N) is 2. The monoisotopic (exact) mass is 550 g/mol. The number of ketones is 1. The molecule has 10 nitrogen and oxygen atoms in total. The van der Waals surface area contributed by atoms with E-state index in [0.717, 1.165) is 30.6 Å². The topological polar surface area (TPSA) is 143 Å². The average Bonchev–Trinajstić information content (AvgIpc) is 3.24. The number of primary amides is 1. The summed E-state index contributed by atoms with van der Waals surface area (Å²) in [5.74, 6) is -1.70. The van der Waals surface area contributed by atoms with Crippen LogP contribution in [-0.2, 0) is 17.4 Å². The Morgan fingerprint density at radius 1 is 1.21 bits per heavy atom. The smallest absolute Gasteiger partial charge is 0.382 e. The third-order valence-corrected chi connectivity index (χ3v) is 7.28. The third-order valence-electron chi connectivity index (χ3n) is 7.28. The fourth-order valence-corrected chi connectivity index (χ4v) is 5.40. The minimum atomic E-state index is -4.80. The molecule has 0 atom stereocenters. The van der Waals surface area contributed by atoms with E-state index in [-0.39, 0.29) is 42.1 Å². The van der Waals surface area contributed by atoms with E-state index in [1.165, 1.54) is 12.1 Å². The standard InChI is InChI=1S/C26H33F3N6O4/c1-25(2)13-19-22(20(36)14-25)23(26(27,28)29)32-35(19)16-5-6-17(24(30)38)18(12-16)31-15-7-10-34(11-8-15)9-3-4-21(37)33-39/h5-6,12,15,31,39H,3-4,7-11,13-14H2,1-2H3,(H2,30,38)(H,33,37). The molecule has 0 radical (unpaired) electrons. The Hall–Kier alpha value is -3.45. The summed E-state index contributed by atoms with van der Waals surface area (Å²) >= 11 is 0. The van der Waals surface area contributed by atoms with Crippen LogP contribution < -0.4 is 16.5 Å². The predicted octanol–water partition coefficient (Wildman–Crippen LogP) is 3.31. The Balaban J connectivity index is 1.59. The lowest BCUT2D eigenvalue weighted by atomic mass is 9.75. The summed E-state index contributed by atoms with van der Waals surface area (Å²) in [6.45, 7) is 5.83. The number of nitrogens with zero attached hydrogens (tertiary/aromatic N) is 3. The predicted molar refractivity (Wildman–Crippen MR) is 136 cm³/mol. The number of piperidine rings is 1. The molecule has 4 rings (SSSR count). The SMILES string of the molecule is CC1(C)CC(=O)c2c(C(F)(F)F)nn(-c3ccc(C(N)=O)c(NC4CCN(CCCC(=O)NO)CC4)c3)c2C1. The number of carbonyl (C=O) groups excluding carboxylic acids is 3. The zero-order chi connectivity index (χ0) is 28.5. The Morgan fingerprint density at radius 3 is 2.51 bits per heavy atom. The number of hydroxylamine groups is 1. The molecule has 1 fully saturated rings. The number of hydrogen-bond acceptors (Lipinski definition) is 7. The molecule has 2 aliphatic rings. The van der Waals surface area contributed by atoms with Gasteiger partial charge in [-0.2, -0.15) is 18.3 Å². The molecule has 2 amide bonds. The van der Waals surface area contributed by atoms with Crippen molar-refractivity contribution in [3.8, 4) is 5.69 Å². The van der Waals surface area contributed by atoms with Crippen LogP contribution in [0, 0.1) is 5.41 Å². The van der Waals surface area contributed by atoms with Gasteiger partial charge in [-0.15, -0.1) is 0 Å². The van der Waals surface area contributed by atoms with Crippen molar-refractivity contribution in [3.05, 3.63) is 40.7 Å². The van der Waals surface area contributed by atoms with Gasteiger partial charge >= 0.3 is 6.18 Å². The van der Waals surface area contributed by atoms with Crippen molar-refractivity contribution in [3.63, 3.8) is 0 Å². The second-order valence-electron chi connectivity index (χ2n) is 11.0. The maximum Gasteiger partial charge on any atom is 0.435 e. The largest absolute Gasteiger partial charge is 0.435 e. The normalized spacial score (nSPS) is 18.1. The molecule has 0 unspecified atom stereocenters. The van der Waals surface area contributed by atoms with E-state index in [2.05, 4.69) is 15.3 Å². The molecule has 1 aromatic heterocycles. The highest BCUT2D eigenvalue weighted by molar-refractivity contribution is 6.00. The summed E-state index contributed by atoms with van der Waals surface area (Å²) in [4.78, 5) is 38.3. The van der Waals surface area contributed by atoms with Gasteiger partial charge < -0.3 is 16.0 Å². The van der Waals surface area contributed by atoms with Crippen molar-refractivity contribution < 1.29 is 32.8 Å². The number of Topliss-reactive ketones (excluding diaryl/α,β-unsaturated/α-hetero) is 1. The van der Waals surface area contributed by atoms with Crippen molar-refractivity contribution in [1.82, 2.24) is 20.2 Å². The molecule has 39 heavy (non-hydrogen) atoms. The van der Waals surface area contributed by atoms with Gasteiger partial charge in [0.05, 0.1) is 22.5 Å². The van der Waals surface area contributed by atoms with Gasteiger partial charge in [-0.25, -0.2) is 10.2 Å². The number of amides is 2. The summed E-state index contributed by atoms with van der Waals surface area (Å²) in [5, 5.41) is 15.8. The summed E-state index contributed by atoms with van der Waals surface area (Å²) in [7, 11) is 0. The van der Waals surface area contributed by atoms with E-state index in [4.69, 9.17) is 10.9 Å². The number of fused-ring (bicyclic) bond motifs is 1. The summed E-state index contributed by atoms with van der Waals surface area (Å²) < 4.78 is 42.7. The molecule has 2 heterocycles. The van der Waals surface area contributed by atoms with Crippen LogP contribution in [0.5, 0.6) is 0 Å². The van der Waals surface area contributed by atoms with Gasteiger partial charge in [-0.3, -0.25) is 19.6 Å². The van der Waals surface area contributed by atoms with Gasteiger partial charge in [0.15, 0.2) is 11.5 Å². The fraction of sp³-hybridized carbons (Fsp3) is 0.538. The molecular formula is C26H33F3N6O4. The minimum Gasteiger partial charge on any atom is -0.382 e. The molecule has 0 spiro atoms. The molecule has 13 heteroatoms. The van der Waals surface area contributed by atoms with Crippen LogP contribution in [0.1, 0.15) is 78.1 Å². The van der Waals surface area contributed by atoms with Crippen LogP contribution in [-0.4, -0.2) is 63.2 Å². The van der Waals surface area contributed by atoms with E-state index >= 15 is 0 Å². The average molecular weight is 551 g/mol. The highest BCUT2D eigenvalue weighted by Crippen LogP contribution is 2.42. The van der Waals surface area contributed by atoms with Gasteiger partial charge in [0.2, 0.25) is 5.91 Å². The van der Waals surface area contributed by atoms with Crippen LogP contribution >= 0.6 is 0 Å². The number of hydrogen-bond donors (Lipinski definition) is 4. The number of likely N-dealkylation sites (tertiary alicyclic amines) is 1. The molecule has 1 aromatic carbocycles. The number of benzene rings is 1. The van der Waals surface area contributed by atoms with Crippen LogP contribution in [0.4, 0.5) is 18.9 Å². The van der Waals surface area contributed by atoms with Crippen LogP contribution in [0.25, 0.3) is 5.69 Å². The van der Waals surface area contributed by atoms with E-state index in [1.807, 2.05) is 13.8 Å². The van der Waals surface area contributed by atoms with Crippen molar-refractivity contribution in [2.75, 3.05) is 25.0 Å². The van der Waals surface area contributed by atoms with Gasteiger partial charge in [-0.05, 0) is 55.8 Å². The highest BCUT2D eigenvalue weighted by atomic mass is 19.4. The zero-order valence-corrected chi connectivity index (χ0v) is 21.9. The van der Waals surface area contributed by atoms with E-state index in [0.29, 0.717) is 24.3 Å². The molecule has 212 valence electrons. The molecule has 0 saturated carbocycles. The van der Waals surface area contributed by atoms with E-state index in [1.54, 1.807) is 11.5 Å². The van der Waals surface area contributed by atoms with Gasteiger partial charge in [-0.1, -0.05) is 13.8 Å².